The summed E-state index contributed by atoms with van der Waals surface area (Å²) in [6, 6.07) is 1.33. The summed E-state index contributed by atoms with van der Waals surface area (Å²) in [6.45, 7) is 0. The van der Waals surface area contributed by atoms with Crippen LogP contribution in [0.4, 0.5) is 19.0 Å². The van der Waals surface area contributed by atoms with Crippen molar-refractivity contribution in [2.75, 3.05) is 0 Å². The highest BCUT2D eigenvalue weighted by atomic mass is 19.4. The Labute approximate surface area is 70.2 Å². The Kier molecular flexibility index (Phi) is 2.18. The van der Waals surface area contributed by atoms with E-state index in [1.54, 1.807) is 0 Å². The van der Waals surface area contributed by atoms with Crippen molar-refractivity contribution in [1.29, 1.82) is 0 Å². The Morgan fingerprint density at radius 2 is 2.00 bits per heavy atom. The van der Waals surface area contributed by atoms with Gasteiger partial charge in [-0.3, -0.25) is 0 Å². The molecule has 0 N–H and O–H groups in total. The molecular weight excluding hydrogens is 189 g/mol. The number of hydrogen-bond donors (Lipinski definition) is 0. The minimum atomic E-state index is -4.51. The van der Waals surface area contributed by atoms with Gasteiger partial charge in [0.05, 0.1) is 5.56 Å². The van der Waals surface area contributed by atoms with Gasteiger partial charge in [-0.15, -0.1) is 0 Å². The highest BCUT2D eigenvalue weighted by molar-refractivity contribution is 5.24. The second-order valence-corrected chi connectivity index (χ2v) is 2.16. The number of nitro groups is 1. The predicted octanol–water partition coefficient (Wildman–Crippen LogP) is 2.01. The molecule has 0 aliphatic carbocycles. The van der Waals surface area contributed by atoms with Crippen molar-refractivity contribution in [3.05, 3.63) is 34.0 Å². The lowest BCUT2D eigenvalue weighted by molar-refractivity contribution is -0.389. The van der Waals surface area contributed by atoms with Crippen LogP contribution in [-0.4, -0.2) is 9.91 Å². The van der Waals surface area contributed by atoms with Gasteiger partial charge in [0.25, 0.3) is 0 Å². The average Bonchev–Trinajstić information content (AvgIpc) is 2.03. The van der Waals surface area contributed by atoms with Crippen LogP contribution in [0.15, 0.2) is 18.3 Å². The molecule has 4 nitrogen and oxygen atoms in total. The number of alkyl halides is 3. The van der Waals surface area contributed by atoms with Gasteiger partial charge < -0.3 is 10.1 Å². The molecule has 1 heterocycles. The molecule has 0 unspecified atom stereocenters. The zero-order valence-corrected chi connectivity index (χ0v) is 6.08. The maximum absolute atomic E-state index is 11.9. The number of halogens is 3. The van der Waals surface area contributed by atoms with Gasteiger partial charge >= 0.3 is 12.0 Å². The molecule has 0 aromatic carbocycles. The first-order valence-electron chi connectivity index (χ1n) is 3.09. The molecule has 0 aliphatic rings. The van der Waals surface area contributed by atoms with Gasteiger partial charge in [0.15, 0.2) is 6.20 Å². The summed E-state index contributed by atoms with van der Waals surface area (Å²) in [4.78, 5) is 12.2. The maximum Gasteiger partial charge on any atom is 0.420 e. The van der Waals surface area contributed by atoms with Gasteiger partial charge in [0.1, 0.15) is 0 Å². The Morgan fingerprint density at radius 1 is 1.38 bits per heavy atom. The second-order valence-electron chi connectivity index (χ2n) is 2.16. The van der Waals surface area contributed by atoms with E-state index < -0.39 is 22.5 Å². The smallest absolute Gasteiger partial charge is 0.358 e. The molecule has 70 valence electrons. The monoisotopic (exact) mass is 192 g/mol. The van der Waals surface area contributed by atoms with Crippen molar-refractivity contribution < 1.29 is 18.1 Å². The second kappa shape index (κ2) is 3.00. The lowest BCUT2D eigenvalue weighted by Crippen LogP contribution is -2.05. The third kappa shape index (κ3) is 2.14. The van der Waals surface area contributed by atoms with E-state index in [-0.39, 0.29) is 0 Å². The summed E-state index contributed by atoms with van der Waals surface area (Å²) < 4.78 is 35.7. The molecule has 0 bridgehead atoms. The molecule has 0 fully saturated rings. The summed E-state index contributed by atoms with van der Waals surface area (Å²) in [5.41, 5.74) is -1.00. The minimum Gasteiger partial charge on any atom is -0.358 e. The number of aromatic nitrogens is 1. The molecule has 0 atom stereocenters. The number of hydrogen-bond acceptors (Lipinski definition) is 3. The van der Waals surface area contributed by atoms with Crippen LogP contribution in [0.2, 0.25) is 0 Å². The van der Waals surface area contributed by atoms with E-state index in [1.807, 2.05) is 0 Å². The third-order valence-electron chi connectivity index (χ3n) is 1.26. The highest BCUT2D eigenvalue weighted by Crippen LogP contribution is 2.28. The van der Waals surface area contributed by atoms with Crippen LogP contribution in [-0.2, 0) is 6.18 Å². The summed E-state index contributed by atoms with van der Waals surface area (Å²) in [5, 5.41) is 10.0. The van der Waals surface area contributed by atoms with Crippen LogP contribution in [0.3, 0.4) is 0 Å². The molecule has 1 aromatic rings. The molecule has 0 saturated carbocycles. The topological polar surface area (TPSA) is 56.0 Å². The lowest BCUT2D eigenvalue weighted by Gasteiger charge is -2.02. The zero-order chi connectivity index (χ0) is 10.1. The molecule has 0 aliphatic heterocycles. The van der Waals surface area contributed by atoms with E-state index in [2.05, 4.69) is 4.98 Å². The molecular formula is C6H3F3N2O2. The molecule has 1 rings (SSSR count). The highest BCUT2D eigenvalue weighted by Gasteiger charge is 2.32. The van der Waals surface area contributed by atoms with Gasteiger partial charge in [-0.2, -0.15) is 13.2 Å². The Hall–Kier alpha value is -1.66. The fourth-order valence-corrected chi connectivity index (χ4v) is 0.662. The van der Waals surface area contributed by atoms with Crippen LogP contribution in [0.5, 0.6) is 0 Å². The van der Waals surface area contributed by atoms with Gasteiger partial charge in [0, 0.05) is 6.07 Å². The van der Waals surface area contributed by atoms with Crippen molar-refractivity contribution in [2.45, 2.75) is 6.18 Å². The Morgan fingerprint density at radius 3 is 2.31 bits per heavy atom. The van der Waals surface area contributed by atoms with Gasteiger partial charge in [0.2, 0.25) is 0 Å². The SMILES string of the molecule is O=[N+]([O-])c1ccc(C(F)(F)F)cn1. The largest absolute Gasteiger partial charge is 0.420 e. The van der Waals surface area contributed by atoms with E-state index in [1.165, 1.54) is 0 Å². The standard InChI is InChI=1S/C6H3F3N2O2/c7-6(8,9)4-1-2-5(10-3-4)11(12)13/h1-3H. The molecule has 0 radical (unpaired) electrons. The Balaban J connectivity index is 3.01. The number of rotatable bonds is 1. The Bertz CT molecular complexity index is 320. The fourth-order valence-electron chi connectivity index (χ4n) is 0.662. The summed E-state index contributed by atoms with van der Waals surface area (Å²) in [6.07, 6.45) is -4.08. The minimum absolute atomic E-state index is 0.429. The quantitative estimate of drug-likeness (QED) is 0.505. The molecule has 7 heteroatoms. The first-order valence-corrected chi connectivity index (χ1v) is 3.09. The fraction of sp³-hybridized carbons (Fsp3) is 0.167. The van der Waals surface area contributed by atoms with E-state index in [0.29, 0.717) is 18.3 Å². The van der Waals surface area contributed by atoms with Crippen molar-refractivity contribution in [3.8, 4) is 0 Å². The van der Waals surface area contributed by atoms with Gasteiger partial charge in [-0.25, -0.2) is 0 Å². The third-order valence-corrected chi connectivity index (χ3v) is 1.26. The molecule has 13 heavy (non-hydrogen) atoms. The molecule has 0 spiro atoms. The van der Waals surface area contributed by atoms with Crippen molar-refractivity contribution in [1.82, 2.24) is 4.98 Å². The van der Waals surface area contributed by atoms with Crippen LogP contribution in [0.25, 0.3) is 0 Å². The van der Waals surface area contributed by atoms with Crippen LogP contribution < -0.4 is 0 Å². The van der Waals surface area contributed by atoms with Crippen molar-refractivity contribution in [3.63, 3.8) is 0 Å². The molecule has 0 amide bonds. The maximum atomic E-state index is 11.9. The zero-order valence-electron chi connectivity index (χ0n) is 6.08. The van der Waals surface area contributed by atoms with E-state index in [9.17, 15) is 23.3 Å². The first kappa shape index (κ1) is 9.43. The molecule has 0 saturated heterocycles. The van der Waals surface area contributed by atoms with Crippen LogP contribution in [0.1, 0.15) is 5.56 Å². The molecule has 1 aromatic heterocycles. The first-order chi connectivity index (χ1) is 5.91. The van der Waals surface area contributed by atoms with Crippen LogP contribution >= 0.6 is 0 Å². The predicted molar refractivity (Wildman–Crippen MR) is 35.9 cm³/mol. The van der Waals surface area contributed by atoms with Gasteiger partial charge in [-0.05, 0) is 16.0 Å². The summed E-state index contributed by atoms with van der Waals surface area (Å²) in [5.74, 6) is -0.604. The van der Waals surface area contributed by atoms with Gasteiger partial charge in [-0.1, -0.05) is 0 Å². The average molecular weight is 192 g/mol. The number of nitrogens with zero attached hydrogens (tertiary/aromatic N) is 2. The summed E-state index contributed by atoms with van der Waals surface area (Å²) in [7, 11) is 0. The number of pyridine rings is 1. The van der Waals surface area contributed by atoms with E-state index in [4.69, 9.17) is 0 Å². The normalized spacial score (nSPS) is 11.3. The van der Waals surface area contributed by atoms with Crippen LogP contribution in [0, 0.1) is 10.1 Å². The summed E-state index contributed by atoms with van der Waals surface area (Å²) >= 11 is 0. The van der Waals surface area contributed by atoms with Crippen molar-refractivity contribution in [2.24, 2.45) is 0 Å². The van der Waals surface area contributed by atoms with E-state index in [0.717, 1.165) is 0 Å². The van der Waals surface area contributed by atoms with Crippen molar-refractivity contribution >= 4 is 5.82 Å². The lowest BCUT2D eigenvalue weighted by atomic mass is 10.3. The van der Waals surface area contributed by atoms with E-state index >= 15 is 0 Å².